The molecule has 170 valence electrons. The molecular formula is C19H42O6P2S. The Bertz CT molecular complexity index is 458. The molecule has 6 nitrogen and oxygen atoms in total. The molecule has 2 N–H and O–H groups in total. The summed E-state index contributed by atoms with van der Waals surface area (Å²) in [5.41, 5.74) is 0. The van der Waals surface area contributed by atoms with Crippen LogP contribution in [0.1, 0.15) is 84.5 Å². The van der Waals surface area contributed by atoms with Gasteiger partial charge in [0.15, 0.2) is 0 Å². The van der Waals surface area contributed by atoms with Crippen LogP contribution < -0.4 is 0 Å². The van der Waals surface area contributed by atoms with E-state index >= 15 is 0 Å². The van der Waals surface area contributed by atoms with Crippen LogP contribution in [0.25, 0.3) is 0 Å². The first-order valence-electron chi connectivity index (χ1n) is 10.7. The fourth-order valence-corrected chi connectivity index (χ4v) is 5.61. The SMILES string of the molecule is CCCCCCCCP(=O)(O)OC(COP(C)(=O)O)CSCCCCCCC. The van der Waals surface area contributed by atoms with Gasteiger partial charge >= 0.3 is 15.2 Å². The zero-order valence-corrected chi connectivity index (χ0v) is 20.6. The summed E-state index contributed by atoms with van der Waals surface area (Å²) >= 11 is 1.64. The van der Waals surface area contributed by atoms with Gasteiger partial charge in [0.2, 0.25) is 0 Å². The Balaban J connectivity index is 4.29. The highest BCUT2D eigenvalue weighted by Crippen LogP contribution is 2.46. The standard InChI is InChI=1S/C19H42O6P2S/c1-4-6-8-10-11-13-15-27(22,23)25-19(17-24-26(3,20)21)18-28-16-14-12-9-7-5-2/h19H,4-18H2,1-3H3,(H,20,21)(H,22,23). The summed E-state index contributed by atoms with van der Waals surface area (Å²) in [7, 11) is -7.36. The highest BCUT2D eigenvalue weighted by molar-refractivity contribution is 7.99. The van der Waals surface area contributed by atoms with E-state index in [4.69, 9.17) is 9.05 Å². The van der Waals surface area contributed by atoms with Gasteiger partial charge in [-0.2, -0.15) is 11.8 Å². The van der Waals surface area contributed by atoms with Crippen LogP contribution in [0.2, 0.25) is 0 Å². The molecule has 0 rings (SSSR count). The molecule has 0 bridgehead atoms. The maximum Gasteiger partial charge on any atom is 0.328 e. The van der Waals surface area contributed by atoms with Gasteiger partial charge in [-0.15, -0.1) is 0 Å². The molecule has 0 aromatic rings. The lowest BCUT2D eigenvalue weighted by Crippen LogP contribution is -2.22. The van der Waals surface area contributed by atoms with Gasteiger partial charge in [0.05, 0.1) is 6.61 Å². The molecule has 0 radical (unpaired) electrons. The van der Waals surface area contributed by atoms with Crippen molar-refractivity contribution >= 4 is 27.0 Å². The highest BCUT2D eigenvalue weighted by Gasteiger charge is 2.26. The predicted molar refractivity (Wildman–Crippen MR) is 121 cm³/mol. The normalized spacial score (nSPS) is 17.2. The van der Waals surface area contributed by atoms with Crippen molar-refractivity contribution in [2.75, 3.05) is 30.9 Å². The van der Waals surface area contributed by atoms with Crippen molar-refractivity contribution in [2.45, 2.75) is 90.6 Å². The topological polar surface area (TPSA) is 93.1 Å². The maximum absolute atomic E-state index is 12.4. The van der Waals surface area contributed by atoms with Gasteiger partial charge < -0.3 is 18.8 Å². The monoisotopic (exact) mass is 460 g/mol. The fraction of sp³-hybridized carbons (Fsp3) is 1.00. The summed E-state index contributed by atoms with van der Waals surface area (Å²) in [6.45, 7) is 5.30. The zero-order valence-electron chi connectivity index (χ0n) is 18.0. The number of unbranched alkanes of at least 4 members (excludes halogenated alkanes) is 9. The molecule has 0 fully saturated rings. The number of thioether (sulfide) groups is 1. The van der Waals surface area contributed by atoms with Gasteiger partial charge in [-0.3, -0.25) is 9.13 Å². The summed E-state index contributed by atoms with van der Waals surface area (Å²) in [4.78, 5) is 19.5. The van der Waals surface area contributed by atoms with Crippen molar-refractivity contribution in [1.82, 2.24) is 0 Å². The molecule has 0 aliphatic rings. The molecule has 0 amide bonds. The van der Waals surface area contributed by atoms with E-state index in [9.17, 15) is 18.9 Å². The van der Waals surface area contributed by atoms with E-state index in [-0.39, 0.29) is 12.8 Å². The summed E-state index contributed by atoms with van der Waals surface area (Å²) < 4.78 is 34.2. The summed E-state index contributed by atoms with van der Waals surface area (Å²) in [6, 6.07) is 0. The first-order valence-corrected chi connectivity index (χ1v) is 15.7. The second-order valence-corrected chi connectivity index (χ2v) is 12.4. The van der Waals surface area contributed by atoms with E-state index in [1.54, 1.807) is 11.8 Å². The molecule has 3 unspecified atom stereocenters. The van der Waals surface area contributed by atoms with Crippen LogP contribution in [0.5, 0.6) is 0 Å². The number of rotatable bonds is 20. The third-order valence-corrected chi connectivity index (χ3v) is 7.63. The second kappa shape index (κ2) is 17.3. The van der Waals surface area contributed by atoms with Crippen molar-refractivity contribution in [3.63, 3.8) is 0 Å². The lowest BCUT2D eigenvalue weighted by atomic mass is 10.1. The van der Waals surface area contributed by atoms with Crippen LogP contribution in [0.4, 0.5) is 0 Å². The Labute approximate surface area is 176 Å². The van der Waals surface area contributed by atoms with Gasteiger partial charge in [-0.1, -0.05) is 71.6 Å². The Morgan fingerprint density at radius 3 is 1.96 bits per heavy atom. The molecule has 0 heterocycles. The van der Waals surface area contributed by atoms with E-state index < -0.39 is 21.3 Å². The van der Waals surface area contributed by atoms with Crippen molar-refractivity contribution in [1.29, 1.82) is 0 Å². The van der Waals surface area contributed by atoms with Gasteiger partial charge in [0.25, 0.3) is 0 Å². The van der Waals surface area contributed by atoms with Crippen molar-refractivity contribution in [3.05, 3.63) is 0 Å². The molecule has 0 spiro atoms. The van der Waals surface area contributed by atoms with E-state index in [0.717, 1.165) is 38.1 Å². The molecule has 0 aromatic carbocycles. The van der Waals surface area contributed by atoms with Crippen LogP contribution >= 0.6 is 27.0 Å². The van der Waals surface area contributed by atoms with E-state index in [2.05, 4.69) is 13.8 Å². The average Bonchev–Trinajstić information content (AvgIpc) is 2.60. The van der Waals surface area contributed by atoms with Gasteiger partial charge in [-0.25, -0.2) is 0 Å². The third kappa shape index (κ3) is 19.9. The number of hydrogen-bond donors (Lipinski definition) is 2. The molecule has 0 saturated carbocycles. The largest absolute Gasteiger partial charge is 0.328 e. The molecule has 0 aliphatic heterocycles. The minimum absolute atomic E-state index is 0.125. The fourth-order valence-electron chi connectivity index (χ4n) is 2.73. The molecule has 9 heteroatoms. The smallest absolute Gasteiger partial charge is 0.324 e. The van der Waals surface area contributed by atoms with Crippen LogP contribution in [0.3, 0.4) is 0 Å². The first kappa shape index (κ1) is 28.6. The minimum atomic E-state index is -3.72. The maximum atomic E-state index is 12.4. The minimum Gasteiger partial charge on any atom is -0.324 e. The lowest BCUT2D eigenvalue weighted by molar-refractivity contribution is 0.123. The van der Waals surface area contributed by atoms with Crippen LogP contribution in [0, 0.1) is 0 Å². The van der Waals surface area contributed by atoms with Crippen molar-refractivity contribution < 1.29 is 28.0 Å². The van der Waals surface area contributed by atoms with Gasteiger partial charge in [-0.05, 0) is 18.6 Å². The van der Waals surface area contributed by atoms with Crippen LogP contribution in [-0.2, 0) is 18.2 Å². The molecule has 0 aromatic heterocycles. The van der Waals surface area contributed by atoms with Crippen molar-refractivity contribution in [2.24, 2.45) is 0 Å². The Hall–Kier alpha value is 0.650. The quantitative estimate of drug-likeness (QED) is 0.159. The lowest BCUT2D eigenvalue weighted by Gasteiger charge is -2.22. The van der Waals surface area contributed by atoms with Crippen LogP contribution in [-0.4, -0.2) is 46.8 Å². The van der Waals surface area contributed by atoms with E-state index in [0.29, 0.717) is 12.2 Å². The molecule has 3 atom stereocenters. The van der Waals surface area contributed by atoms with E-state index in [1.165, 1.54) is 38.5 Å². The van der Waals surface area contributed by atoms with Crippen LogP contribution in [0.15, 0.2) is 0 Å². The summed E-state index contributed by atoms with van der Waals surface area (Å²) in [6.07, 6.45) is 11.6. The molecule has 0 saturated heterocycles. The third-order valence-electron chi connectivity index (χ3n) is 4.30. The second-order valence-electron chi connectivity index (χ2n) is 7.44. The summed E-state index contributed by atoms with van der Waals surface area (Å²) in [5.74, 6) is 1.43. The Morgan fingerprint density at radius 2 is 1.39 bits per heavy atom. The average molecular weight is 461 g/mol. The molecule has 0 aliphatic carbocycles. The zero-order chi connectivity index (χ0) is 21.3. The van der Waals surface area contributed by atoms with Gasteiger partial charge in [0, 0.05) is 18.6 Å². The Morgan fingerprint density at radius 1 is 0.857 bits per heavy atom. The van der Waals surface area contributed by atoms with E-state index in [1.807, 2.05) is 0 Å². The summed E-state index contributed by atoms with van der Waals surface area (Å²) in [5, 5.41) is 0. The molecule has 28 heavy (non-hydrogen) atoms. The van der Waals surface area contributed by atoms with Gasteiger partial charge in [0.1, 0.15) is 6.10 Å². The first-order chi connectivity index (χ1) is 13.2. The predicted octanol–water partition coefficient (Wildman–Crippen LogP) is 6.45. The Kier molecular flexibility index (Phi) is 17.7. The van der Waals surface area contributed by atoms with Crippen molar-refractivity contribution in [3.8, 4) is 0 Å². The highest BCUT2D eigenvalue weighted by atomic mass is 32.2. The molecular weight excluding hydrogens is 418 g/mol. The number of hydrogen-bond acceptors (Lipinski definition) is 5.